The Kier molecular flexibility index (Phi) is 5.86. The molecule has 0 aliphatic rings. The Bertz CT molecular complexity index is 878. The molecule has 1 amide bonds. The van der Waals surface area contributed by atoms with Crippen molar-refractivity contribution in [1.29, 1.82) is 0 Å². The van der Waals surface area contributed by atoms with Crippen molar-refractivity contribution in [2.75, 3.05) is 19.5 Å². The van der Waals surface area contributed by atoms with Crippen molar-refractivity contribution in [3.63, 3.8) is 0 Å². The largest absolute Gasteiger partial charge is 0.497 e. The molecule has 26 heavy (non-hydrogen) atoms. The van der Waals surface area contributed by atoms with E-state index >= 15 is 0 Å². The summed E-state index contributed by atoms with van der Waals surface area (Å²) in [6.07, 6.45) is 0.945. The van der Waals surface area contributed by atoms with Crippen LogP contribution in [0.3, 0.4) is 0 Å². The van der Waals surface area contributed by atoms with Crippen LogP contribution < -0.4 is 14.8 Å². The van der Waals surface area contributed by atoms with E-state index in [2.05, 4.69) is 10.3 Å². The van der Waals surface area contributed by atoms with Crippen molar-refractivity contribution in [2.45, 2.75) is 12.8 Å². The van der Waals surface area contributed by atoms with Gasteiger partial charge < -0.3 is 14.8 Å². The molecule has 3 rings (SSSR count). The number of carbonyl (C=O) groups is 1. The molecular weight excluding hydrogens is 348 g/mol. The number of hydrogen-bond donors (Lipinski definition) is 1. The van der Waals surface area contributed by atoms with Crippen LogP contribution in [-0.2, 0) is 11.2 Å². The lowest BCUT2D eigenvalue weighted by Gasteiger charge is -2.11. The molecule has 0 fully saturated rings. The molecule has 2 aromatic carbocycles. The monoisotopic (exact) mass is 368 g/mol. The summed E-state index contributed by atoms with van der Waals surface area (Å²) in [5.74, 6) is 1.16. The van der Waals surface area contributed by atoms with E-state index in [0.717, 1.165) is 16.3 Å². The predicted octanol–water partition coefficient (Wildman–Crippen LogP) is 4.40. The molecule has 0 spiro atoms. The van der Waals surface area contributed by atoms with Crippen LogP contribution in [0.2, 0.25) is 0 Å². The maximum atomic E-state index is 12.3. The molecule has 0 atom stereocenters. The molecule has 3 aromatic rings. The number of benzene rings is 2. The summed E-state index contributed by atoms with van der Waals surface area (Å²) in [6.45, 7) is 0. The van der Waals surface area contributed by atoms with Crippen LogP contribution in [-0.4, -0.2) is 25.1 Å². The number of anilines is 1. The number of aryl methyl sites for hydroxylation is 1. The molecule has 5 nitrogen and oxygen atoms in total. The van der Waals surface area contributed by atoms with Gasteiger partial charge in [-0.25, -0.2) is 4.98 Å². The zero-order valence-electron chi connectivity index (χ0n) is 14.7. The molecule has 1 aromatic heterocycles. The molecule has 0 radical (unpaired) electrons. The van der Waals surface area contributed by atoms with Gasteiger partial charge in [-0.1, -0.05) is 30.3 Å². The van der Waals surface area contributed by atoms with Gasteiger partial charge in [-0.05, 0) is 18.6 Å². The number of nitrogens with one attached hydrogen (secondary N) is 1. The van der Waals surface area contributed by atoms with Crippen LogP contribution >= 0.6 is 11.3 Å². The number of nitrogens with zero attached hydrogens (tertiary/aromatic N) is 1. The summed E-state index contributed by atoms with van der Waals surface area (Å²) in [4.78, 5) is 16.9. The summed E-state index contributed by atoms with van der Waals surface area (Å²) < 4.78 is 10.5. The predicted molar refractivity (Wildman–Crippen MR) is 104 cm³/mol. The topological polar surface area (TPSA) is 60.5 Å². The number of aromatic nitrogens is 1. The summed E-state index contributed by atoms with van der Waals surface area (Å²) in [5, 5.41) is 5.85. The van der Waals surface area contributed by atoms with Gasteiger partial charge in [-0.2, -0.15) is 0 Å². The van der Waals surface area contributed by atoms with Gasteiger partial charge in [0.2, 0.25) is 5.91 Å². The number of ether oxygens (including phenoxy) is 2. The lowest BCUT2D eigenvalue weighted by Crippen LogP contribution is -2.13. The average Bonchev–Trinajstić information content (AvgIpc) is 3.16. The lowest BCUT2D eigenvalue weighted by atomic mass is 10.2. The molecule has 0 saturated carbocycles. The van der Waals surface area contributed by atoms with E-state index in [9.17, 15) is 4.79 Å². The van der Waals surface area contributed by atoms with Gasteiger partial charge in [-0.3, -0.25) is 4.79 Å². The number of methoxy groups -OCH3 is 2. The second kappa shape index (κ2) is 8.49. The minimum atomic E-state index is -0.0808. The molecule has 0 aliphatic carbocycles. The van der Waals surface area contributed by atoms with Crippen LogP contribution in [0, 0.1) is 0 Å². The van der Waals surface area contributed by atoms with Gasteiger partial charge in [0.15, 0.2) is 0 Å². The molecule has 0 bridgehead atoms. The van der Waals surface area contributed by atoms with Crippen molar-refractivity contribution in [1.82, 2.24) is 4.98 Å². The van der Waals surface area contributed by atoms with E-state index in [-0.39, 0.29) is 5.91 Å². The number of amides is 1. The minimum Gasteiger partial charge on any atom is -0.497 e. The van der Waals surface area contributed by atoms with Crippen LogP contribution in [0.1, 0.15) is 12.1 Å². The van der Waals surface area contributed by atoms with Gasteiger partial charge in [-0.15, -0.1) is 11.3 Å². The molecule has 6 heteroatoms. The Morgan fingerprint density at radius 1 is 1.12 bits per heavy atom. The van der Waals surface area contributed by atoms with Crippen molar-refractivity contribution in [3.05, 3.63) is 59.6 Å². The fourth-order valence-electron chi connectivity index (χ4n) is 2.49. The highest BCUT2D eigenvalue weighted by Gasteiger charge is 2.11. The highest BCUT2D eigenvalue weighted by Crippen LogP contribution is 2.29. The second-order valence-electron chi connectivity index (χ2n) is 5.62. The Balaban J connectivity index is 1.59. The van der Waals surface area contributed by atoms with E-state index in [1.165, 1.54) is 0 Å². The van der Waals surface area contributed by atoms with Gasteiger partial charge in [0, 0.05) is 23.4 Å². The van der Waals surface area contributed by atoms with Crippen molar-refractivity contribution in [3.8, 4) is 22.1 Å². The molecular formula is C20H20N2O3S. The Morgan fingerprint density at radius 2 is 1.92 bits per heavy atom. The van der Waals surface area contributed by atoms with Gasteiger partial charge >= 0.3 is 0 Å². The SMILES string of the molecule is COc1ccc(NC(=O)CCc2csc(-c3ccccc3)n2)c(OC)c1. The normalized spacial score (nSPS) is 10.4. The first-order chi connectivity index (χ1) is 12.7. The highest BCUT2D eigenvalue weighted by atomic mass is 32.1. The smallest absolute Gasteiger partial charge is 0.224 e. The first-order valence-corrected chi connectivity index (χ1v) is 9.09. The van der Waals surface area contributed by atoms with Crippen molar-refractivity contribution >= 4 is 22.9 Å². The molecule has 1 heterocycles. The molecule has 0 aliphatic heterocycles. The summed E-state index contributed by atoms with van der Waals surface area (Å²) in [7, 11) is 3.15. The maximum Gasteiger partial charge on any atom is 0.224 e. The van der Waals surface area contributed by atoms with E-state index in [1.54, 1.807) is 43.8 Å². The molecule has 1 N–H and O–H groups in total. The first-order valence-electron chi connectivity index (χ1n) is 8.21. The van der Waals surface area contributed by atoms with Gasteiger partial charge in [0.1, 0.15) is 16.5 Å². The van der Waals surface area contributed by atoms with E-state index in [0.29, 0.717) is 30.0 Å². The summed E-state index contributed by atoms with van der Waals surface area (Å²) >= 11 is 1.59. The van der Waals surface area contributed by atoms with Crippen LogP contribution in [0.5, 0.6) is 11.5 Å². The fourth-order valence-corrected chi connectivity index (χ4v) is 3.35. The van der Waals surface area contributed by atoms with Crippen molar-refractivity contribution in [2.24, 2.45) is 0 Å². The first kappa shape index (κ1) is 17.9. The van der Waals surface area contributed by atoms with Crippen LogP contribution in [0.25, 0.3) is 10.6 Å². The second-order valence-corrected chi connectivity index (χ2v) is 6.48. The Hall–Kier alpha value is -2.86. The third kappa shape index (κ3) is 4.40. The highest BCUT2D eigenvalue weighted by molar-refractivity contribution is 7.13. The van der Waals surface area contributed by atoms with Crippen LogP contribution in [0.15, 0.2) is 53.9 Å². The summed E-state index contributed by atoms with van der Waals surface area (Å²) in [6, 6.07) is 15.3. The van der Waals surface area contributed by atoms with E-state index < -0.39 is 0 Å². The third-order valence-electron chi connectivity index (χ3n) is 3.86. The third-order valence-corrected chi connectivity index (χ3v) is 4.80. The van der Waals surface area contributed by atoms with Gasteiger partial charge in [0.05, 0.1) is 25.6 Å². The number of carbonyl (C=O) groups excluding carboxylic acids is 1. The molecule has 0 saturated heterocycles. The molecule has 0 unspecified atom stereocenters. The number of thiazole rings is 1. The minimum absolute atomic E-state index is 0.0808. The van der Waals surface area contributed by atoms with E-state index in [1.807, 2.05) is 35.7 Å². The number of hydrogen-bond acceptors (Lipinski definition) is 5. The summed E-state index contributed by atoms with van der Waals surface area (Å²) in [5.41, 5.74) is 2.64. The quantitative estimate of drug-likeness (QED) is 0.671. The maximum absolute atomic E-state index is 12.3. The fraction of sp³-hybridized carbons (Fsp3) is 0.200. The standard InChI is InChI=1S/C20H20N2O3S/c1-24-16-9-10-17(18(12-16)25-2)22-19(23)11-8-15-13-26-20(21-15)14-6-4-3-5-7-14/h3-7,9-10,12-13H,8,11H2,1-2H3,(H,22,23). The van der Waals surface area contributed by atoms with Crippen LogP contribution in [0.4, 0.5) is 5.69 Å². The van der Waals surface area contributed by atoms with Gasteiger partial charge in [0.25, 0.3) is 0 Å². The Labute approximate surface area is 156 Å². The molecule has 134 valence electrons. The lowest BCUT2D eigenvalue weighted by molar-refractivity contribution is -0.116. The zero-order chi connectivity index (χ0) is 18.4. The number of rotatable bonds is 7. The average molecular weight is 368 g/mol. The Morgan fingerprint density at radius 3 is 2.65 bits per heavy atom. The van der Waals surface area contributed by atoms with Crippen molar-refractivity contribution < 1.29 is 14.3 Å². The zero-order valence-corrected chi connectivity index (χ0v) is 15.5. The van der Waals surface area contributed by atoms with E-state index in [4.69, 9.17) is 9.47 Å².